The number of hydrogen-bond donors (Lipinski definition) is 1. The fourth-order valence-corrected chi connectivity index (χ4v) is 3.56. The summed E-state index contributed by atoms with van der Waals surface area (Å²) in [7, 11) is 0. The SMILES string of the molecule is C[C@H](N[C@H]1CC(=O)N(C2CC2)C1)c1cccc(-c2ccncc2)c1. The number of amides is 1. The van der Waals surface area contributed by atoms with Crippen LogP contribution in [0.4, 0.5) is 0 Å². The number of nitrogens with zero attached hydrogens (tertiary/aromatic N) is 2. The van der Waals surface area contributed by atoms with E-state index in [2.05, 4.69) is 46.4 Å². The normalized spacial score (nSPS) is 22.0. The maximum atomic E-state index is 12.1. The summed E-state index contributed by atoms with van der Waals surface area (Å²) in [6, 6.07) is 13.7. The summed E-state index contributed by atoms with van der Waals surface area (Å²) < 4.78 is 0. The van der Waals surface area contributed by atoms with Crippen LogP contribution in [0.25, 0.3) is 11.1 Å². The predicted octanol–water partition coefficient (Wildman–Crippen LogP) is 3.16. The van der Waals surface area contributed by atoms with Crippen LogP contribution >= 0.6 is 0 Å². The molecule has 1 saturated carbocycles. The summed E-state index contributed by atoms with van der Waals surface area (Å²) in [6.07, 6.45) is 6.63. The number of likely N-dealkylation sites (tertiary alicyclic amines) is 1. The third kappa shape index (κ3) is 3.20. The van der Waals surface area contributed by atoms with Crippen molar-refractivity contribution in [3.05, 3.63) is 54.4 Å². The van der Waals surface area contributed by atoms with E-state index in [0.717, 1.165) is 6.54 Å². The van der Waals surface area contributed by atoms with Crippen LogP contribution in [0.2, 0.25) is 0 Å². The highest BCUT2D eigenvalue weighted by atomic mass is 16.2. The molecule has 1 N–H and O–H groups in total. The first-order chi connectivity index (χ1) is 11.7. The minimum absolute atomic E-state index is 0.226. The molecule has 2 aliphatic rings. The fourth-order valence-electron chi connectivity index (χ4n) is 3.56. The molecule has 4 nitrogen and oxygen atoms in total. The van der Waals surface area contributed by atoms with Gasteiger partial charge >= 0.3 is 0 Å². The van der Waals surface area contributed by atoms with Crippen LogP contribution in [0.5, 0.6) is 0 Å². The van der Waals surface area contributed by atoms with Gasteiger partial charge in [-0.1, -0.05) is 18.2 Å². The Morgan fingerprint density at radius 1 is 1.17 bits per heavy atom. The van der Waals surface area contributed by atoms with E-state index in [0.29, 0.717) is 18.4 Å². The molecule has 24 heavy (non-hydrogen) atoms. The van der Waals surface area contributed by atoms with Gasteiger partial charge in [0.05, 0.1) is 0 Å². The first kappa shape index (κ1) is 15.3. The lowest BCUT2D eigenvalue weighted by Gasteiger charge is -2.21. The molecule has 4 heteroatoms. The van der Waals surface area contributed by atoms with Crippen LogP contribution in [-0.4, -0.2) is 34.4 Å². The number of carbonyl (C=O) groups excluding carboxylic acids is 1. The average molecular weight is 321 g/mol. The molecule has 2 atom stereocenters. The summed E-state index contributed by atoms with van der Waals surface area (Å²) in [6.45, 7) is 3.04. The molecule has 1 aromatic heterocycles. The summed E-state index contributed by atoms with van der Waals surface area (Å²) in [4.78, 5) is 18.3. The largest absolute Gasteiger partial charge is 0.338 e. The highest BCUT2D eigenvalue weighted by Crippen LogP contribution is 2.31. The molecule has 2 heterocycles. The Hall–Kier alpha value is -2.20. The van der Waals surface area contributed by atoms with Gasteiger partial charge in [-0.05, 0) is 54.7 Å². The van der Waals surface area contributed by atoms with Crippen LogP contribution in [0.1, 0.15) is 37.8 Å². The van der Waals surface area contributed by atoms with Gasteiger partial charge in [-0.15, -0.1) is 0 Å². The van der Waals surface area contributed by atoms with E-state index in [-0.39, 0.29) is 12.1 Å². The van der Waals surface area contributed by atoms with Gasteiger partial charge in [0.2, 0.25) is 5.91 Å². The standard InChI is InChI=1S/C20H23N3O/c1-14(22-18-12-20(24)23(13-18)19-5-6-19)16-3-2-4-17(11-16)15-7-9-21-10-8-15/h2-4,7-11,14,18-19,22H,5-6,12-13H2,1H3/t14-,18-/m0/s1. The number of carbonyl (C=O) groups is 1. The monoisotopic (exact) mass is 321 g/mol. The molecule has 0 unspecified atom stereocenters. The molecule has 0 spiro atoms. The molecule has 1 aliphatic carbocycles. The Balaban J connectivity index is 1.45. The van der Waals surface area contributed by atoms with Crippen molar-refractivity contribution < 1.29 is 4.79 Å². The predicted molar refractivity (Wildman–Crippen MR) is 94.4 cm³/mol. The van der Waals surface area contributed by atoms with Crippen LogP contribution in [0, 0.1) is 0 Å². The number of pyridine rings is 1. The van der Waals surface area contributed by atoms with Gasteiger partial charge in [0.25, 0.3) is 0 Å². The lowest BCUT2D eigenvalue weighted by atomic mass is 10.0. The third-order valence-corrected chi connectivity index (χ3v) is 5.03. The molecule has 1 aromatic carbocycles. The van der Waals surface area contributed by atoms with Crippen molar-refractivity contribution in [2.75, 3.05) is 6.54 Å². The topological polar surface area (TPSA) is 45.2 Å². The summed E-state index contributed by atoms with van der Waals surface area (Å²) in [5.74, 6) is 0.313. The van der Waals surface area contributed by atoms with Crippen LogP contribution in [-0.2, 0) is 4.79 Å². The van der Waals surface area contributed by atoms with E-state index in [1.54, 1.807) is 0 Å². The zero-order valence-electron chi connectivity index (χ0n) is 14.0. The van der Waals surface area contributed by atoms with Crippen LogP contribution in [0.3, 0.4) is 0 Å². The van der Waals surface area contributed by atoms with Gasteiger partial charge in [-0.25, -0.2) is 0 Å². The second-order valence-electron chi connectivity index (χ2n) is 6.93. The lowest BCUT2D eigenvalue weighted by molar-refractivity contribution is -0.128. The van der Waals surface area contributed by atoms with E-state index in [1.807, 2.05) is 24.5 Å². The van der Waals surface area contributed by atoms with Crippen molar-refractivity contribution in [3.8, 4) is 11.1 Å². The molecule has 0 radical (unpaired) electrons. The average Bonchev–Trinajstić information content (AvgIpc) is 3.39. The quantitative estimate of drug-likeness (QED) is 0.920. The molecule has 124 valence electrons. The number of benzene rings is 1. The van der Waals surface area contributed by atoms with Crippen LogP contribution in [0.15, 0.2) is 48.8 Å². The van der Waals surface area contributed by atoms with Gasteiger partial charge in [0.15, 0.2) is 0 Å². The highest BCUT2D eigenvalue weighted by Gasteiger charge is 2.39. The Morgan fingerprint density at radius 2 is 1.96 bits per heavy atom. The zero-order valence-corrected chi connectivity index (χ0v) is 14.0. The Labute approximate surface area is 142 Å². The van der Waals surface area contributed by atoms with Crippen molar-refractivity contribution >= 4 is 5.91 Å². The second-order valence-corrected chi connectivity index (χ2v) is 6.93. The van der Waals surface area contributed by atoms with Crippen molar-refractivity contribution in [1.29, 1.82) is 0 Å². The van der Waals surface area contributed by atoms with Gasteiger partial charge in [-0.2, -0.15) is 0 Å². The summed E-state index contributed by atoms with van der Waals surface area (Å²) in [5, 5.41) is 3.64. The minimum atomic E-state index is 0.226. The van der Waals surface area contributed by atoms with E-state index >= 15 is 0 Å². The molecule has 2 fully saturated rings. The Morgan fingerprint density at radius 3 is 2.71 bits per heavy atom. The molecule has 4 rings (SSSR count). The zero-order chi connectivity index (χ0) is 16.5. The van der Waals surface area contributed by atoms with E-state index < -0.39 is 0 Å². The summed E-state index contributed by atoms with van der Waals surface area (Å²) >= 11 is 0. The Bertz CT molecular complexity index is 727. The number of nitrogens with one attached hydrogen (secondary N) is 1. The van der Waals surface area contributed by atoms with Crippen molar-refractivity contribution in [3.63, 3.8) is 0 Å². The second kappa shape index (κ2) is 6.36. The summed E-state index contributed by atoms with van der Waals surface area (Å²) in [5.41, 5.74) is 3.63. The van der Waals surface area contributed by atoms with Crippen molar-refractivity contribution in [1.82, 2.24) is 15.2 Å². The van der Waals surface area contributed by atoms with E-state index in [1.165, 1.54) is 29.5 Å². The van der Waals surface area contributed by atoms with E-state index in [4.69, 9.17) is 0 Å². The van der Waals surface area contributed by atoms with Gasteiger partial charge < -0.3 is 10.2 Å². The molecule has 1 amide bonds. The maximum absolute atomic E-state index is 12.1. The first-order valence-electron chi connectivity index (χ1n) is 8.76. The fraction of sp³-hybridized carbons (Fsp3) is 0.400. The Kier molecular flexibility index (Phi) is 4.07. The van der Waals surface area contributed by atoms with Gasteiger partial charge in [-0.3, -0.25) is 9.78 Å². The first-order valence-corrected chi connectivity index (χ1v) is 8.76. The molecule has 1 aliphatic heterocycles. The number of hydrogen-bond acceptors (Lipinski definition) is 3. The van der Waals surface area contributed by atoms with Crippen LogP contribution < -0.4 is 5.32 Å². The number of rotatable bonds is 5. The molecule has 2 aromatic rings. The third-order valence-electron chi connectivity index (χ3n) is 5.03. The van der Waals surface area contributed by atoms with E-state index in [9.17, 15) is 4.79 Å². The van der Waals surface area contributed by atoms with Crippen molar-refractivity contribution in [2.24, 2.45) is 0 Å². The number of aromatic nitrogens is 1. The van der Waals surface area contributed by atoms with Gasteiger partial charge in [0, 0.05) is 43.5 Å². The van der Waals surface area contributed by atoms with Crippen molar-refractivity contribution in [2.45, 2.75) is 44.3 Å². The smallest absolute Gasteiger partial charge is 0.224 e. The van der Waals surface area contributed by atoms with Gasteiger partial charge in [0.1, 0.15) is 0 Å². The molecule has 0 bridgehead atoms. The highest BCUT2D eigenvalue weighted by molar-refractivity contribution is 5.80. The molecular weight excluding hydrogens is 298 g/mol. The molecular formula is C20H23N3O. The lowest BCUT2D eigenvalue weighted by Crippen LogP contribution is -2.35. The maximum Gasteiger partial charge on any atom is 0.224 e. The minimum Gasteiger partial charge on any atom is -0.338 e. The molecule has 1 saturated heterocycles.